The molecule has 0 saturated carbocycles. The summed E-state index contributed by atoms with van der Waals surface area (Å²) in [4.78, 5) is 13.8. The fourth-order valence-electron chi connectivity index (χ4n) is 1.64. The van der Waals surface area contributed by atoms with Crippen LogP contribution in [0.15, 0.2) is 53.5 Å². The van der Waals surface area contributed by atoms with E-state index < -0.39 is 0 Å². The first-order valence-electron chi connectivity index (χ1n) is 5.05. The molecule has 16 heavy (non-hydrogen) atoms. The van der Waals surface area contributed by atoms with Gasteiger partial charge in [0.15, 0.2) is 0 Å². The minimum atomic E-state index is 0.676. The summed E-state index contributed by atoms with van der Waals surface area (Å²) in [6, 6.07) is 15.9. The predicted molar refractivity (Wildman–Crippen MR) is 64.4 cm³/mol. The van der Waals surface area contributed by atoms with Crippen molar-refractivity contribution in [3.8, 4) is 11.1 Å². The molecule has 0 aliphatic carbocycles. The van der Waals surface area contributed by atoms with Gasteiger partial charge in [-0.2, -0.15) is 4.99 Å². The number of rotatable bonds is 2. The Morgan fingerprint density at radius 1 is 1.00 bits per heavy atom. The average Bonchev–Trinajstić information content (AvgIpc) is 2.33. The van der Waals surface area contributed by atoms with E-state index >= 15 is 0 Å². The van der Waals surface area contributed by atoms with Crippen LogP contribution < -0.4 is 0 Å². The van der Waals surface area contributed by atoms with Crippen LogP contribution in [0.2, 0.25) is 0 Å². The largest absolute Gasteiger partial charge is 0.240 e. The first kappa shape index (κ1) is 10.3. The third kappa shape index (κ3) is 2.08. The van der Waals surface area contributed by atoms with Crippen molar-refractivity contribution in [2.24, 2.45) is 4.99 Å². The molecule has 2 aromatic rings. The average molecular weight is 209 g/mol. The van der Waals surface area contributed by atoms with Crippen molar-refractivity contribution in [3.63, 3.8) is 0 Å². The Bertz CT molecular complexity index is 540. The molecule has 2 rings (SSSR count). The highest BCUT2D eigenvalue weighted by molar-refractivity contribution is 5.68. The lowest BCUT2D eigenvalue weighted by molar-refractivity contribution is 0.565. The standard InChI is InChI=1S/C14H11NO/c1-11-9-13(7-8-14(11)15-10-16)12-5-3-2-4-6-12/h2-9H,1H3. The van der Waals surface area contributed by atoms with E-state index in [-0.39, 0.29) is 0 Å². The van der Waals surface area contributed by atoms with Gasteiger partial charge in [0.25, 0.3) is 0 Å². The third-order valence-electron chi connectivity index (χ3n) is 2.47. The van der Waals surface area contributed by atoms with Gasteiger partial charge in [-0.3, -0.25) is 0 Å². The Kier molecular flexibility index (Phi) is 2.95. The van der Waals surface area contributed by atoms with Gasteiger partial charge in [-0.1, -0.05) is 36.4 Å². The minimum absolute atomic E-state index is 0.676. The molecule has 0 fully saturated rings. The molecule has 2 heteroatoms. The van der Waals surface area contributed by atoms with Crippen LogP contribution in [-0.4, -0.2) is 6.08 Å². The van der Waals surface area contributed by atoms with Gasteiger partial charge < -0.3 is 0 Å². The van der Waals surface area contributed by atoms with Crippen LogP contribution in [0.5, 0.6) is 0 Å². The van der Waals surface area contributed by atoms with Crippen LogP contribution >= 0.6 is 0 Å². The van der Waals surface area contributed by atoms with Crippen molar-refractivity contribution < 1.29 is 4.79 Å². The van der Waals surface area contributed by atoms with Crippen LogP contribution in [0.3, 0.4) is 0 Å². The van der Waals surface area contributed by atoms with E-state index in [4.69, 9.17) is 0 Å². The Morgan fingerprint density at radius 3 is 2.38 bits per heavy atom. The van der Waals surface area contributed by atoms with Gasteiger partial charge in [0.1, 0.15) is 0 Å². The summed E-state index contributed by atoms with van der Waals surface area (Å²) in [6.45, 7) is 1.93. The highest BCUT2D eigenvalue weighted by atomic mass is 16.1. The van der Waals surface area contributed by atoms with Gasteiger partial charge in [0, 0.05) is 0 Å². The van der Waals surface area contributed by atoms with Crippen LogP contribution in [-0.2, 0) is 4.79 Å². The zero-order chi connectivity index (χ0) is 11.4. The maximum atomic E-state index is 10.2. The number of aryl methyl sites for hydroxylation is 1. The van der Waals surface area contributed by atoms with Crippen molar-refractivity contribution in [3.05, 3.63) is 54.1 Å². The molecule has 2 nitrogen and oxygen atoms in total. The summed E-state index contributed by atoms with van der Waals surface area (Å²) in [5.41, 5.74) is 3.94. The monoisotopic (exact) mass is 209 g/mol. The van der Waals surface area contributed by atoms with Gasteiger partial charge >= 0.3 is 0 Å². The van der Waals surface area contributed by atoms with Crippen molar-refractivity contribution in [1.82, 2.24) is 0 Å². The second kappa shape index (κ2) is 4.56. The van der Waals surface area contributed by atoms with E-state index in [1.165, 1.54) is 0 Å². The maximum Gasteiger partial charge on any atom is 0.240 e. The van der Waals surface area contributed by atoms with Crippen molar-refractivity contribution >= 4 is 11.8 Å². The summed E-state index contributed by atoms with van der Waals surface area (Å²) in [7, 11) is 0. The summed E-state index contributed by atoms with van der Waals surface area (Å²) >= 11 is 0. The fourth-order valence-corrected chi connectivity index (χ4v) is 1.64. The Hall–Kier alpha value is -2.18. The molecule has 0 radical (unpaired) electrons. The van der Waals surface area contributed by atoms with Gasteiger partial charge in [-0.25, -0.2) is 4.79 Å². The molecule has 0 unspecified atom stereocenters. The lowest BCUT2D eigenvalue weighted by Crippen LogP contribution is -1.80. The second-order valence-corrected chi connectivity index (χ2v) is 3.57. The molecule has 78 valence electrons. The molecule has 0 aliphatic rings. The van der Waals surface area contributed by atoms with E-state index in [0.717, 1.165) is 16.7 Å². The van der Waals surface area contributed by atoms with E-state index in [2.05, 4.69) is 17.1 Å². The predicted octanol–water partition coefficient (Wildman–Crippen LogP) is 3.63. The molecular formula is C14H11NO. The smallest absolute Gasteiger partial charge is 0.211 e. The molecule has 2 aromatic carbocycles. The normalized spacial score (nSPS) is 9.56. The van der Waals surface area contributed by atoms with Crippen LogP contribution in [0.4, 0.5) is 5.69 Å². The number of isocyanates is 1. The number of nitrogens with zero attached hydrogens (tertiary/aromatic N) is 1. The van der Waals surface area contributed by atoms with E-state index in [0.29, 0.717) is 5.69 Å². The Balaban J connectivity index is 2.46. The van der Waals surface area contributed by atoms with Gasteiger partial charge in [-0.05, 0) is 35.7 Å². The van der Waals surface area contributed by atoms with Gasteiger partial charge in [0.2, 0.25) is 6.08 Å². The van der Waals surface area contributed by atoms with Gasteiger partial charge in [-0.15, -0.1) is 0 Å². The molecule has 0 saturated heterocycles. The molecule has 0 aromatic heterocycles. The van der Waals surface area contributed by atoms with Crippen molar-refractivity contribution in [2.75, 3.05) is 0 Å². The third-order valence-corrected chi connectivity index (χ3v) is 2.47. The van der Waals surface area contributed by atoms with Gasteiger partial charge in [0.05, 0.1) is 5.69 Å². The first-order chi connectivity index (χ1) is 7.81. The highest BCUT2D eigenvalue weighted by Crippen LogP contribution is 2.25. The summed E-state index contributed by atoms with van der Waals surface area (Å²) < 4.78 is 0. The summed E-state index contributed by atoms with van der Waals surface area (Å²) in [6.07, 6.45) is 1.56. The first-order valence-corrected chi connectivity index (χ1v) is 5.05. The Labute approximate surface area is 94.3 Å². The van der Waals surface area contributed by atoms with E-state index in [9.17, 15) is 4.79 Å². The number of hydrogen-bond acceptors (Lipinski definition) is 2. The quantitative estimate of drug-likeness (QED) is 0.548. The number of hydrogen-bond donors (Lipinski definition) is 0. The molecule has 0 amide bonds. The zero-order valence-corrected chi connectivity index (χ0v) is 8.97. The number of benzene rings is 2. The Morgan fingerprint density at radius 2 is 1.75 bits per heavy atom. The SMILES string of the molecule is Cc1cc(-c2ccccc2)ccc1N=C=O. The van der Waals surface area contributed by atoms with Crippen molar-refractivity contribution in [2.45, 2.75) is 6.92 Å². The minimum Gasteiger partial charge on any atom is -0.211 e. The maximum absolute atomic E-state index is 10.2. The molecule has 0 heterocycles. The zero-order valence-electron chi connectivity index (χ0n) is 8.97. The van der Waals surface area contributed by atoms with Crippen LogP contribution in [0.25, 0.3) is 11.1 Å². The highest BCUT2D eigenvalue weighted by Gasteiger charge is 2.00. The second-order valence-electron chi connectivity index (χ2n) is 3.57. The number of carbonyl (C=O) groups excluding carboxylic acids is 1. The lowest BCUT2D eigenvalue weighted by Gasteiger charge is -2.04. The molecule has 0 bridgehead atoms. The molecular weight excluding hydrogens is 198 g/mol. The lowest BCUT2D eigenvalue weighted by atomic mass is 10.0. The van der Waals surface area contributed by atoms with Crippen LogP contribution in [0, 0.1) is 6.92 Å². The van der Waals surface area contributed by atoms with E-state index in [1.54, 1.807) is 6.08 Å². The topological polar surface area (TPSA) is 29.4 Å². The summed E-state index contributed by atoms with van der Waals surface area (Å²) in [5, 5.41) is 0. The molecule has 0 atom stereocenters. The molecule has 0 N–H and O–H groups in total. The fraction of sp³-hybridized carbons (Fsp3) is 0.0714. The molecule has 0 aliphatic heterocycles. The molecule has 0 spiro atoms. The van der Waals surface area contributed by atoms with Crippen LogP contribution in [0.1, 0.15) is 5.56 Å². The number of aliphatic imine (C=N–C) groups is 1. The summed E-state index contributed by atoms with van der Waals surface area (Å²) in [5.74, 6) is 0. The van der Waals surface area contributed by atoms with E-state index in [1.807, 2.05) is 43.3 Å². The van der Waals surface area contributed by atoms with Crippen molar-refractivity contribution in [1.29, 1.82) is 0 Å².